The molecule has 0 aliphatic carbocycles. The molecule has 0 aliphatic rings. The molecule has 0 bridgehead atoms. The third kappa shape index (κ3) is 20.2. The maximum absolute atomic E-state index is 2.41. The highest BCUT2D eigenvalue weighted by atomic mass is 27.1. The van der Waals surface area contributed by atoms with Gasteiger partial charge in [-0.05, 0) is 17.8 Å². The molecule has 3 heteroatoms. The van der Waals surface area contributed by atoms with Crippen LogP contribution in [-0.4, -0.2) is 48.9 Å². The normalized spacial score (nSPS) is 16.7. The minimum atomic E-state index is 0.997. The van der Waals surface area contributed by atoms with Gasteiger partial charge < -0.3 is 0 Å². The van der Waals surface area contributed by atoms with Crippen LogP contribution >= 0.6 is 0 Å². The molecular weight excluding hydrogens is 405 g/mol. The van der Waals surface area contributed by atoms with Crippen molar-refractivity contribution < 1.29 is 0 Å². The first-order valence-electron chi connectivity index (χ1n) is 14.3. The summed E-state index contributed by atoms with van der Waals surface area (Å²) in [6.07, 6.45) is 12.6. The van der Waals surface area contributed by atoms with Crippen LogP contribution in [0.25, 0.3) is 0 Å². The highest BCUT2D eigenvalue weighted by Crippen LogP contribution is 2.24. The molecule has 0 aromatic heterocycles. The number of hydrogen-bond donors (Lipinski definition) is 0. The van der Waals surface area contributed by atoms with Crippen LogP contribution in [-0.2, 0) is 0 Å². The third-order valence-electron chi connectivity index (χ3n) is 7.90. The van der Waals surface area contributed by atoms with Crippen LogP contribution in [0, 0.1) is 35.5 Å². The summed E-state index contributed by atoms with van der Waals surface area (Å²) in [5.41, 5.74) is 0. The van der Waals surface area contributed by atoms with E-state index in [1.165, 1.54) is 123 Å². The van der Waals surface area contributed by atoms with E-state index in [1.54, 1.807) is 0 Å². The first-order valence-corrected chi connectivity index (χ1v) is 18.5. The molecule has 0 amide bonds. The molecule has 0 radical (unpaired) electrons. The van der Waals surface area contributed by atoms with E-state index in [1.807, 2.05) is 0 Å². The predicted molar refractivity (Wildman–Crippen MR) is 154 cm³/mol. The molecule has 30 heavy (non-hydrogen) atoms. The Bertz CT molecular complexity index is 261. The smallest absolute Gasteiger partial charge is 0.0985 e. The molecule has 0 nitrogen and oxygen atoms in total. The molecule has 0 aliphatic heterocycles. The van der Waals surface area contributed by atoms with Crippen LogP contribution < -0.4 is 0 Å². The average molecular weight is 469 g/mol. The van der Waals surface area contributed by atoms with Crippen molar-refractivity contribution in [1.82, 2.24) is 0 Å². The van der Waals surface area contributed by atoms with Crippen LogP contribution in [0.5, 0.6) is 0 Å². The summed E-state index contributed by atoms with van der Waals surface area (Å²) in [7, 11) is 0. The Kier molecular flexibility index (Phi) is 32.4. The van der Waals surface area contributed by atoms with Crippen molar-refractivity contribution in [2.45, 2.75) is 136 Å². The lowest BCUT2D eigenvalue weighted by Crippen LogP contribution is -2.09. The lowest BCUT2D eigenvalue weighted by molar-refractivity contribution is 0.346. The zero-order valence-electron chi connectivity index (χ0n) is 23.9. The van der Waals surface area contributed by atoms with Crippen molar-refractivity contribution >= 4 is 48.9 Å². The van der Waals surface area contributed by atoms with Gasteiger partial charge in [-0.3, -0.25) is 0 Å². The quantitative estimate of drug-likeness (QED) is 0.218. The first kappa shape index (κ1) is 36.2. The SMILES string of the molecule is CCCC(CC)C(C)[CH2][AlH2].CCCC(CC)C(C)[CH2][AlH2].CCCC(CC)C(C)[CH2][AlH2]. The molecule has 6 unspecified atom stereocenters. The van der Waals surface area contributed by atoms with Crippen LogP contribution in [0.3, 0.4) is 0 Å². The molecule has 0 aromatic carbocycles. The molecule has 0 aromatic rings. The van der Waals surface area contributed by atoms with Gasteiger partial charge in [0.05, 0.1) is 0 Å². The fourth-order valence-corrected chi connectivity index (χ4v) is 6.79. The van der Waals surface area contributed by atoms with Gasteiger partial charge in [-0.25, -0.2) is 0 Å². The van der Waals surface area contributed by atoms with Crippen molar-refractivity contribution in [1.29, 1.82) is 0 Å². The summed E-state index contributed by atoms with van der Waals surface area (Å²) in [5.74, 6) is 6.04. The van der Waals surface area contributed by atoms with Crippen molar-refractivity contribution in [3.63, 3.8) is 0 Å². The third-order valence-corrected chi connectivity index (χ3v) is 11.8. The molecule has 0 rings (SSSR count). The Labute approximate surface area is 219 Å². The molecule has 0 saturated heterocycles. The minimum Gasteiger partial charge on any atom is -0.0985 e. The zero-order valence-corrected chi connectivity index (χ0v) is 29.9. The average Bonchev–Trinajstić information content (AvgIpc) is 2.78. The van der Waals surface area contributed by atoms with Crippen molar-refractivity contribution in [2.75, 3.05) is 0 Å². The van der Waals surface area contributed by atoms with Gasteiger partial charge in [-0.2, -0.15) is 0 Å². The summed E-state index contributed by atoms with van der Waals surface area (Å²) < 4.78 is 0. The van der Waals surface area contributed by atoms with Crippen LogP contribution in [0.2, 0.25) is 15.8 Å². The molecule has 0 N–H and O–H groups in total. The van der Waals surface area contributed by atoms with Crippen molar-refractivity contribution in [3.05, 3.63) is 0 Å². The van der Waals surface area contributed by atoms with E-state index in [-0.39, 0.29) is 0 Å². The molecule has 0 spiro atoms. The minimum absolute atomic E-state index is 0.997. The maximum atomic E-state index is 2.41. The lowest BCUT2D eigenvalue weighted by Gasteiger charge is -2.20. The second-order valence-corrected chi connectivity index (χ2v) is 12.5. The monoisotopic (exact) mass is 468 g/mol. The van der Waals surface area contributed by atoms with Crippen molar-refractivity contribution in [3.8, 4) is 0 Å². The summed E-state index contributed by atoms with van der Waals surface area (Å²) in [5, 5.41) is 4.45. The van der Waals surface area contributed by atoms with E-state index in [9.17, 15) is 0 Å². The molecule has 180 valence electrons. The number of hydrogen-bond acceptors (Lipinski definition) is 0. The molecule has 6 atom stereocenters. The van der Waals surface area contributed by atoms with E-state index >= 15 is 0 Å². The van der Waals surface area contributed by atoms with E-state index in [0.717, 1.165) is 35.5 Å². The van der Waals surface area contributed by atoms with Crippen LogP contribution in [0.4, 0.5) is 0 Å². The Hall–Kier alpha value is 1.60. The Balaban J connectivity index is -0.000000364. The fourth-order valence-electron chi connectivity index (χ4n) is 4.79. The first-order chi connectivity index (χ1) is 14.3. The van der Waals surface area contributed by atoms with Gasteiger partial charge in [-0.1, -0.05) is 154 Å². The Morgan fingerprint density at radius 3 is 0.733 bits per heavy atom. The van der Waals surface area contributed by atoms with Gasteiger partial charge in [0, 0.05) is 0 Å². The summed E-state index contributed by atoms with van der Waals surface area (Å²) in [6.45, 7) is 21.1. The van der Waals surface area contributed by atoms with E-state index in [4.69, 9.17) is 0 Å². The standard InChI is InChI=1S/3C9H19.3Al.6H/c3*1-5-7-9(6-2)8(3)4;;;;;;;;;/h3*8-9H,3,5-7H2,1-2,4H3;;;;;;;;;. The van der Waals surface area contributed by atoms with Crippen molar-refractivity contribution in [2.24, 2.45) is 35.5 Å². The predicted octanol–water partition coefficient (Wildman–Crippen LogP) is 7.50. The molecular formula is C27H63Al3. The van der Waals surface area contributed by atoms with Gasteiger partial charge in [0.2, 0.25) is 48.9 Å². The topological polar surface area (TPSA) is 0 Å². The van der Waals surface area contributed by atoms with Gasteiger partial charge in [-0.15, -0.1) is 0 Å². The zero-order chi connectivity index (χ0) is 23.9. The molecule has 0 fully saturated rings. The van der Waals surface area contributed by atoms with Gasteiger partial charge in [0.1, 0.15) is 0 Å². The second-order valence-electron chi connectivity index (χ2n) is 10.0. The highest BCUT2D eigenvalue weighted by molar-refractivity contribution is 6.09. The van der Waals surface area contributed by atoms with E-state index in [2.05, 4.69) is 62.3 Å². The highest BCUT2D eigenvalue weighted by Gasteiger charge is 2.12. The summed E-state index contributed by atoms with van der Waals surface area (Å²) in [6, 6.07) is 0. The Morgan fingerprint density at radius 1 is 0.433 bits per heavy atom. The Morgan fingerprint density at radius 2 is 0.633 bits per heavy atom. The van der Waals surface area contributed by atoms with Crippen LogP contribution in [0.15, 0.2) is 0 Å². The fraction of sp³-hybridized carbons (Fsp3) is 1.00. The molecule has 0 saturated carbocycles. The van der Waals surface area contributed by atoms with E-state index in [0.29, 0.717) is 0 Å². The van der Waals surface area contributed by atoms with Gasteiger partial charge in [0.15, 0.2) is 0 Å². The number of rotatable bonds is 15. The van der Waals surface area contributed by atoms with Gasteiger partial charge in [0.25, 0.3) is 0 Å². The summed E-state index contributed by atoms with van der Waals surface area (Å²) in [4.78, 5) is 0. The van der Waals surface area contributed by atoms with Crippen LogP contribution in [0.1, 0.15) is 120 Å². The second kappa shape index (κ2) is 26.8. The largest absolute Gasteiger partial charge is 0.212 e. The van der Waals surface area contributed by atoms with E-state index < -0.39 is 0 Å². The maximum Gasteiger partial charge on any atom is 0.212 e. The van der Waals surface area contributed by atoms with Gasteiger partial charge >= 0.3 is 0 Å². The molecule has 0 heterocycles. The summed E-state index contributed by atoms with van der Waals surface area (Å²) >= 11 is 4.15. The lowest BCUT2D eigenvalue weighted by atomic mass is 9.89.